The number of carbonyl (C=O) groups is 2. The predicted octanol–water partition coefficient (Wildman–Crippen LogP) is 1.59. The summed E-state index contributed by atoms with van der Waals surface area (Å²) in [4.78, 5) is 22.2. The Bertz CT molecular complexity index is 270. The Hall–Kier alpha value is -1.32. The summed E-state index contributed by atoms with van der Waals surface area (Å²) < 4.78 is 10.0. The number of cyclic esters (lactones) is 1. The standard InChI is InChI=1S/C11H16O4/c1-8(2)11(13)14-7-9-5-3-4-6-10(12)15-9/h9H,1,3-7H2,2H3. The Morgan fingerprint density at radius 2 is 2.33 bits per heavy atom. The predicted molar refractivity (Wildman–Crippen MR) is 54.1 cm³/mol. The van der Waals surface area contributed by atoms with Crippen molar-refractivity contribution < 1.29 is 19.1 Å². The third kappa shape index (κ3) is 4.14. The maximum atomic E-state index is 11.1. The van der Waals surface area contributed by atoms with Crippen LogP contribution >= 0.6 is 0 Å². The number of hydrogen-bond acceptors (Lipinski definition) is 4. The van der Waals surface area contributed by atoms with Gasteiger partial charge in [-0.15, -0.1) is 0 Å². The van der Waals surface area contributed by atoms with Crippen LogP contribution in [0.15, 0.2) is 12.2 Å². The molecular weight excluding hydrogens is 196 g/mol. The third-order valence-corrected chi connectivity index (χ3v) is 2.20. The molecule has 1 unspecified atom stereocenters. The minimum Gasteiger partial charge on any atom is -0.459 e. The van der Waals surface area contributed by atoms with E-state index in [1.807, 2.05) is 0 Å². The molecule has 0 saturated carbocycles. The summed E-state index contributed by atoms with van der Waals surface area (Å²) in [6.07, 6.45) is 2.72. The van der Waals surface area contributed by atoms with Gasteiger partial charge < -0.3 is 9.47 Å². The van der Waals surface area contributed by atoms with Gasteiger partial charge in [0.1, 0.15) is 12.7 Å². The van der Waals surface area contributed by atoms with Crippen LogP contribution in [0.4, 0.5) is 0 Å². The van der Waals surface area contributed by atoms with Gasteiger partial charge in [-0.3, -0.25) is 4.79 Å². The molecule has 4 heteroatoms. The normalized spacial score (nSPS) is 21.4. The van der Waals surface area contributed by atoms with Gasteiger partial charge >= 0.3 is 11.9 Å². The summed E-state index contributed by atoms with van der Waals surface area (Å²) in [5, 5.41) is 0. The molecule has 0 spiro atoms. The van der Waals surface area contributed by atoms with Gasteiger partial charge in [-0.1, -0.05) is 6.58 Å². The van der Waals surface area contributed by atoms with Gasteiger partial charge in [0.15, 0.2) is 0 Å². The van der Waals surface area contributed by atoms with Crippen LogP contribution in [0.3, 0.4) is 0 Å². The van der Waals surface area contributed by atoms with Gasteiger partial charge in [0.25, 0.3) is 0 Å². The Labute approximate surface area is 89.2 Å². The number of hydrogen-bond donors (Lipinski definition) is 0. The molecule has 0 radical (unpaired) electrons. The molecule has 1 atom stereocenters. The van der Waals surface area contributed by atoms with E-state index in [4.69, 9.17) is 9.47 Å². The molecule has 1 rings (SSSR count). The first-order valence-corrected chi connectivity index (χ1v) is 5.11. The minimum atomic E-state index is -0.435. The van der Waals surface area contributed by atoms with Crippen molar-refractivity contribution in [2.45, 2.75) is 38.7 Å². The molecule has 1 aliphatic rings. The van der Waals surface area contributed by atoms with Crippen LogP contribution in [0.2, 0.25) is 0 Å². The number of esters is 2. The van der Waals surface area contributed by atoms with Crippen LogP contribution in [0.25, 0.3) is 0 Å². The van der Waals surface area contributed by atoms with Crippen LogP contribution in [-0.2, 0) is 19.1 Å². The topological polar surface area (TPSA) is 52.6 Å². The van der Waals surface area contributed by atoms with Crippen molar-refractivity contribution in [3.63, 3.8) is 0 Å². The van der Waals surface area contributed by atoms with Gasteiger partial charge in [-0.05, 0) is 26.2 Å². The quantitative estimate of drug-likeness (QED) is 0.526. The zero-order chi connectivity index (χ0) is 11.3. The molecule has 0 bridgehead atoms. The number of ether oxygens (including phenoxy) is 2. The van der Waals surface area contributed by atoms with E-state index in [9.17, 15) is 9.59 Å². The molecule has 0 aromatic rings. The summed E-state index contributed by atoms with van der Waals surface area (Å²) in [7, 11) is 0. The first-order chi connectivity index (χ1) is 7.09. The lowest BCUT2D eigenvalue weighted by Crippen LogP contribution is -2.23. The van der Waals surface area contributed by atoms with Crippen molar-refractivity contribution in [2.24, 2.45) is 0 Å². The smallest absolute Gasteiger partial charge is 0.333 e. The average Bonchev–Trinajstić information content (AvgIpc) is 2.38. The second kappa shape index (κ2) is 5.53. The fraction of sp³-hybridized carbons (Fsp3) is 0.636. The molecule has 1 aliphatic heterocycles. The SMILES string of the molecule is C=C(C)C(=O)OCC1CCCCC(=O)O1. The molecule has 1 saturated heterocycles. The average molecular weight is 212 g/mol. The van der Waals surface area contributed by atoms with Crippen LogP contribution in [0.5, 0.6) is 0 Å². The van der Waals surface area contributed by atoms with Crippen molar-refractivity contribution >= 4 is 11.9 Å². The first-order valence-electron chi connectivity index (χ1n) is 5.11. The van der Waals surface area contributed by atoms with E-state index in [2.05, 4.69) is 6.58 Å². The van der Waals surface area contributed by atoms with E-state index < -0.39 is 5.97 Å². The lowest BCUT2D eigenvalue weighted by Gasteiger charge is -2.14. The molecule has 0 amide bonds. The molecule has 1 fully saturated rings. The zero-order valence-corrected chi connectivity index (χ0v) is 8.95. The van der Waals surface area contributed by atoms with Crippen molar-refractivity contribution in [2.75, 3.05) is 6.61 Å². The molecule has 1 heterocycles. The van der Waals surface area contributed by atoms with Gasteiger partial charge in [0, 0.05) is 12.0 Å². The lowest BCUT2D eigenvalue weighted by molar-refractivity contribution is -0.156. The fourth-order valence-electron chi connectivity index (χ4n) is 1.35. The van der Waals surface area contributed by atoms with Crippen LogP contribution in [0, 0.1) is 0 Å². The number of rotatable bonds is 3. The van der Waals surface area contributed by atoms with E-state index in [1.54, 1.807) is 6.92 Å². The molecule has 15 heavy (non-hydrogen) atoms. The van der Waals surface area contributed by atoms with Gasteiger partial charge in [-0.2, -0.15) is 0 Å². The molecule has 84 valence electrons. The molecule has 0 aromatic carbocycles. The summed E-state index contributed by atoms with van der Waals surface area (Å²) in [5.41, 5.74) is 0.356. The highest BCUT2D eigenvalue weighted by molar-refractivity contribution is 5.86. The maximum Gasteiger partial charge on any atom is 0.333 e. The molecular formula is C11H16O4. The van der Waals surface area contributed by atoms with Crippen molar-refractivity contribution in [1.29, 1.82) is 0 Å². The van der Waals surface area contributed by atoms with E-state index in [0.717, 1.165) is 19.3 Å². The van der Waals surface area contributed by atoms with E-state index in [0.29, 0.717) is 12.0 Å². The maximum absolute atomic E-state index is 11.1. The van der Waals surface area contributed by atoms with Crippen LogP contribution < -0.4 is 0 Å². The van der Waals surface area contributed by atoms with E-state index in [1.165, 1.54) is 0 Å². The molecule has 0 N–H and O–H groups in total. The second-order valence-corrected chi connectivity index (χ2v) is 3.74. The minimum absolute atomic E-state index is 0.136. The highest BCUT2D eigenvalue weighted by atomic mass is 16.6. The monoisotopic (exact) mass is 212 g/mol. The Kier molecular flexibility index (Phi) is 4.34. The molecule has 4 nitrogen and oxygen atoms in total. The van der Waals surface area contributed by atoms with Crippen molar-refractivity contribution in [1.82, 2.24) is 0 Å². The highest BCUT2D eigenvalue weighted by Gasteiger charge is 2.19. The van der Waals surface area contributed by atoms with Gasteiger partial charge in [0.05, 0.1) is 0 Å². The Balaban J connectivity index is 2.33. The van der Waals surface area contributed by atoms with Gasteiger partial charge in [0.2, 0.25) is 0 Å². The van der Waals surface area contributed by atoms with E-state index >= 15 is 0 Å². The lowest BCUT2D eigenvalue weighted by atomic mass is 10.1. The Morgan fingerprint density at radius 3 is 3.00 bits per heavy atom. The summed E-state index contributed by atoms with van der Waals surface area (Å²) in [6, 6.07) is 0. The Morgan fingerprint density at radius 1 is 1.60 bits per heavy atom. The van der Waals surface area contributed by atoms with Gasteiger partial charge in [-0.25, -0.2) is 4.79 Å². The van der Waals surface area contributed by atoms with Crippen LogP contribution in [0.1, 0.15) is 32.6 Å². The zero-order valence-electron chi connectivity index (χ0n) is 8.95. The fourth-order valence-corrected chi connectivity index (χ4v) is 1.35. The summed E-state index contributed by atoms with van der Waals surface area (Å²) in [5.74, 6) is -0.640. The molecule has 0 aliphatic carbocycles. The summed E-state index contributed by atoms with van der Waals surface area (Å²) in [6.45, 7) is 5.19. The second-order valence-electron chi connectivity index (χ2n) is 3.74. The largest absolute Gasteiger partial charge is 0.459 e. The van der Waals surface area contributed by atoms with Crippen LogP contribution in [-0.4, -0.2) is 24.6 Å². The first kappa shape index (κ1) is 11.8. The van der Waals surface area contributed by atoms with Crippen molar-refractivity contribution in [3.8, 4) is 0 Å². The highest BCUT2D eigenvalue weighted by Crippen LogP contribution is 2.14. The van der Waals surface area contributed by atoms with E-state index in [-0.39, 0.29) is 18.7 Å². The molecule has 0 aromatic heterocycles. The summed E-state index contributed by atoms with van der Waals surface area (Å²) >= 11 is 0. The number of carbonyl (C=O) groups excluding carboxylic acids is 2. The third-order valence-electron chi connectivity index (χ3n) is 2.20. The van der Waals surface area contributed by atoms with Crippen molar-refractivity contribution in [3.05, 3.63) is 12.2 Å².